The summed E-state index contributed by atoms with van der Waals surface area (Å²) in [5.41, 5.74) is 2.21. The van der Waals surface area contributed by atoms with Gasteiger partial charge in [-0.2, -0.15) is 0 Å². The second-order valence-corrected chi connectivity index (χ2v) is 7.51. The fourth-order valence-electron chi connectivity index (χ4n) is 3.82. The molecule has 0 aromatic heterocycles. The maximum absolute atomic E-state index is 12.7. The maximum atomic E-state index is 12.7. The van der Waals surface area contributed by atoms with Crippen molar-refractivity contribution in [3.63, 3.8) is 0 Å². The van der Waals surface area contributed by atoms with Gasteiger partial charge in [-0.25, -0.2) is 0 Å². The smallest absolute Gasteiger partial charge is 0.222 e. The Hall–Kier alpha value is -2.82. The number of methoxy groups -OCH3 is 1. The van der Waals surface area contributed by atoms with Crippen molar-refractivity contribution < 1.29 is 14.3 Å². The number of carbonyl (C=O) groups is 2. The molecule has 148 valence electrons. The molecule has 1 unspecified atom stereocenters. The molecule has 0 aliphatic heterocycles. The van der Waals surface area contributed by atoms with Crippen molar-refractivity contribution in [3.05, 3.63) is 65.7 Å². The molecule has 3 rings (SSSR count). The van der Waals surface area contributed by atoms with Crippen molar-refractivity contribution in [2.24, 2.45) is 0 Å². The molecule has 0 heterocycles. The SMILES string of the molecule is COc1ccc(C(CC(=O)NCC2(c3ccccc3)CCC2)NC(C)=O)cc1. The maximum Gasteiger partial charge on any atom is 0.222 e. The van der Waals surface area contributed by atoms with Gasteiger partial charge in [-0.1, -0.05) is 48.9 Å². The molecular formula is C23H28N2O3. The van der Waals surface area contributed by atoms with Crippen LogP contribution >= 0.6 is 0 Å². The van der Waals surface area contributed by atoms with E-state index in [0.717, 1.165) is 24.2 Å². The molecular weight excluding hydrogens is 352 g/mol. The van der Waals surface area contributed by atoms with Gasteiger partial charge in [0.2, 0.25) is 11.8 Å². The number of rotatable bonds is 8. The first kappa shape index (κ1) is 19.9. The number of ether oxygens (including phenoxy) is 1. The molecule has 0 radical (unpaired) electrons. The van der Waals surface area contributed by atoms with Crippen LogP contribution in [0.3, 0.4) is 0 Å². The van der Waals surface area contributed by atoms with E-state index in [1.165, 1.54) is 18.9 Å². The average molecular weight is 380 g/mol. The van der Waals surface area contributed by atoms with Gasteiger partial charge in [-0.05, 0) is 36.1 Å². The van der Waals surface area contributed by atoms with Gasteiger partial charge in [0.15, 0.2) is 0 Å². The molecule has 2 N–H and O–H groups in total. The quantitative estimate of drug-likeness (QED) is 0.737. The Morgan fingerprint density at radius 1 is 1.07 bits per heavy atom. The molecule has 1 aliphatic rings. The van der Waals surface area contributed by atoms with Crippen LogP contribution < -0.4 is 15.4 Å². The van der Waals surface area contributed by atoms with Gasteiger partial charge in [0.05, 0.1) is 19.6 Å². The zero-order chi connectivity index (χ0) is 20.0. The monoisotopic (exact) mass is 380 g/mol. The normalized spacial score (nSPS) is 15.8. The molecule has 1 aliphatic carbocycles. The van der Waals surface area contributed by atoms with Crippen molar-refractivity contribution >= 4 is 11.8 Å². The third-order valence-electron chi connectivity index (χ3n) is 5.61. The minimum atomic E-state index is -0.363. The predicted molar refractivity (Wildman–Crippen MR) is 109 cm³/mol. The van der Waals surface area contributed by atoms with E-state index in [2.05, 4.69) is 22.8 Å². The highest BCUT2D eigenvalue weighted by molar-refractivity contribution is 5.79. The van der Waals surface area contributed by atoms with E-state index in [1.54, 1.807) is 7.11 Å². The van der Waals surface area contributed by atoms with Gasteiger partial charge in [0.1, 0.15) is 5.75 Å². The van der Waals surface area contributed by atoms with E-state index in [-0.39, 0.29) is 29.7 Å². The first-order chi connectivity index (χ1) is 13.5. The third kappa shape index (κ3) is 4.71. The Balaban J connectivity index is 1.64. The standard InChI is InChI=1S/C23H28N2O3/c1-17(26)25-21(18-9-11-20(28-2)12-10-18)15-22(27)24-16-23(13-6-14-23)19-7-4-3-5-8-19/h3-5,7-12,21H,6,13-16H2,1-2H3,(H,24,27)(H,25,26). The minimum absolute atomic E-state index is 0.0422. The Morgan fingerprint density at radius 2 is 1.75 bits per heavy atom. The Bertz CT molecular complexity index is 798. The Kier molecular flexibility index (Phi) is 6.34. The summed E-state index contributed by atoms with van der Waals surface area (Å²) < 4.78 is 5.18. The summed E-state index contributed by atoms with van der Waals surface area (Å²) in [6.07, 6.45) is 3.57. The molecule has 0 spiro atoms. The molecule has 1 atom stereocenters. The second-order valence-electron chi connectivity index (χ2n) is 7.51. The first-order valence-corrected chi connectivity index (χ1v) is 9.76. The topological polar surface area (TPSA) is 67.4 Å². The van der Waals surface area contributed by atoms with Crippen LogP contribution in [0.5, 0.6) is 5.75 Å². The summed E-state index contributed by atoms with van der Waals surface area (Å²) >= 11 is 0. The summed E-state index contributed by atoms with van der Waals surface area (Å²) in [5.74, 6) is 0.523. The number of carbonyl (C=O) groups excluding carboxylic acids is 2. The lowest BCUT2D eigenvalue weighted by molar-refractivity contribution is -0.123. The number of hydrogen-bond donors (Lipinski definition) is 2. The van der Waals surface area contributed by atoms with Crippen LogP contribution in [0.15, 0.2) is 54.6 Å². The van der Waals surface area contributed by atoms with Gasteiger partial charge in [-0.15, -0.1) is 0 Å². The molecule has 1 saturated carbocycles. The summed E-state index contributed by atoms with van der Waals surface area (Å²) in [7, 11) is 1.61. The summed E-state index contributed by atoms with van der Waals surface area (Å²) in [5, 5.41) is 5.99. The zero-order valence-electron chi connectivity index (χ0n) is 16.5. The van der Waals surface area contributed by atoms with Crippen molar-refractivity contribution in [2.75, 3.05) is 13.7 Å². The van der Waals surface area contributed by atoms with Crippen LogP contribution in [0.1, 0.15) is 49.8 Å². The molecule has 2 amide bonds. The summed E-state index contributed by atoms with van der Waals surface area (Å²) in [4.78, 5) is 24.3. The van der Waals surface area contributed by atoms with E-state index in [4.69, 9.17) is 4.74 Å². The summed E-state index contributed by atoms with van der Waals surface area (Å²) in [6.45, 7) is 2.10. The fraction of sp³-hybridized carbons (Fsp3) is 0.391. The highest BCUT2D eigenvalue weighted by Crippen LogP contribution is 2.43. The van der Waals surface area contributed by atoms with Gasteiger partial charge in [-0.3, -0.25) is 9.59 Å². The average Bonchev–Trinajstić information content (AvgIpc) is 2.67. The molecule has 2 aromatic carbocycles. The molecule has 1 fully saturated rings. The van der Waals surface area contributed by atoms with Crippen molar-refractivity contribution in [3.8, 4) is 5.75 Å². The summed E-state index contributed by atoms with van der Waals surface area (Å²) in [6, 6.07) is 17.5. The number of hydrogen-bond acceptors (Lipinski definition) is 3. The lowest BCUT2D eigenvalue weighted by atomic mass is 9.64. The predicted octanol–water partition coefficient (Wildman–Crippen LogP) is 3.50. The van der Waals surface area contributed by atoms with Crippen molar-refractivity contribution in [2.45, 2.75) is 44.1 Å². The van der Waals surface area contributed by atoms with E-state index in [1.807, 2.05) is 42.5 Å². The first-order valence-electron chi connectivity index (χ1n) is 9.76. The Labute approximate surface area is 166 Å². The van der Waals surface area contributed by atoms with Crippen LogP contribution in [0.25, 0.3) is 0 Å². The fourth-order valence-corrected chi connectivity index (χ4v) is 3.82. The zero-order valence-corrected chi connectivity index (χ0v) is 16.5. The van der Waals surface area contributed by atoms with Gasteiger partial charge in [0, 0.05) is 18.9 Å². The number of amides is 2. The van der Waals surface area contributed by atoms with E-state index < -0.39 is 0 Å². The largest absolute Gasteiger partial charge is 0.497 e. The lowest BCUT2D eigenvalue weighted by Gasteiger charge is -2.42. The molecule has 2 aromatic rings. The van der Waals surface area contributed by atoms with Crippen LogP contribution in [-0.2, 0) is 15.0 Å². The van der Waals surface area contributed by atoms with Crippen LogP contribution in [0, 0.1) is 0 Å². The molecule has 5 nitrogen and oxygen atoms in total. The van der Waals surface area contributed by atoms with Gasteiger partial charge < -0.3 is 15.4 Å². The second kappa shape index (κ2) is 8.91. The minimum Gasteiger partial charge on any atom is -0.497 e. The van der Waals surface area contributed by atoms with Gasteiger partial charge >= 0.3 is 0 Å². The van der Waals surface area contributed by atoms with Crippen LogP contribution in [0.4, 0.5) is 0 Å². The molecule has 5 heteroatoms. The number of benzene rings is 2. The molecule has 0 bridgehead atoms. The Morgan fingerprint density at radius 3 is 2.29 bits per heavy atom. The van der Waals surface area contributed by atoms with Crippen molar-refractivity contribution in [1.29, 1.82) is 0 Å². The third-order valence-corrected chi connectivity index (χ3v) is 5.61. The van der Waals surface area contributed by atoms with Crippen LogP contribution in [-0.4, -0.2) is 25.5 Å². The van der Waals surface area contributed by atoms with Crippen LogP contribution in [0.2, 0.25) is 0 Å². The van der Waals surface area contributed by atoms with Crippen molar-refractivity contribution in [1.82, 2.24) is 10.6 Å². The van der Waals surface area contributed by atoms with Gasteiger partial charge in [0.25, 0.3) is 0 Å². The number of nitrogens with one attached hydrogen (secondary N) is 2. The highest BCUT2D eigenvalue weighted by Gasteiger charge is 2.38. The highest BCUT2D eigenvalue weighted by atomic mass is 16.5. The van der Waals surface area contributed by atoms with E-state index >= 15 is 0 Å². The lowest BCUT2D eigenvalue weighted by Crippen LogP contribution is -2.46. The van der Waals surface area contributed by atoms with E-state index in [9.17, 15) is 9.59 Å². The molecule has 28 heavy (non-hydrogen) atoms. The van der Waals surface area contributed by atoms with E-state index in [0.29, 0.717) is 6.54 Å². The molecule has 0 saturated heterocycles.